The minimum atomic E-state index is -0.281. The van der Waals surface area contributed by atoms with Crippen LogP contribution in [0.25, 0.3) is 11.3 Å². The first-order valence-corrected chi connectivity index (χ1v) is 8.30. The van der Waals surface area contributed by atoms with Gasteiger partial charge in [0.15, 0.2) is 0 Å². The third-order valence-electron chi connectivity index (χ3n) is 4.52. The molecule has 6 nitrogen and oxygen atoms in total. The zero-order valence-electron chi connectivity index (χ0n) is 13.9. The maximum atomic E-state index is 13.2. The van der Waals surface area contributed by atoms with Crippen LogP contribution in [0.15, 0.2) is 36.5 Å². The van der Waals surface area contributed by atoms with Gasteiger partial charge < -0.3 is 4.90 Å². The Morgan fingerprint density at radius 2 is 2.08 bits per heavy atom. The number of fused-ring (bicyclic) bond motifs is 1. The Labute approximate surface area is 144 Å². The van der Waals surface area contributed by atoms with E-state index in [1.165, 1.54) is 12.1 Å². The zero-order chi connectivity index (χ0) is 17.4. The van der Waals surface area contributed by atoms with E-state index in [9.17, 15) is 9.18 Å². The first kappa shape index (κ1) is 15.6. The van der Waals surface area contributed by atoms with Crippen molar-refractivity contribution in [2.24, 2.45) is 0 Å². The first-order chi connectivity index (χ1) is 12.2. The van der Waals surface area contributed by atoms with Crippen LogP contribution in [0.1, 0.15) is 28.7 Å². The average Bonchev–Trinajstić information content (AvgIpc) is 3.28. The van der Waals surface area contributed by atoms with Crippen molar-refractivity contribution in [3.63, 3.8) is 0 Å². The molecule has 3 heterocycles. The lowest BCUT2D eigenvalue weighted by molar-refractivity contribution is 0.0727. The quantitative estimate of drug-likeness (QED) is 0.798. The Kier molecular flexibility index (Phi) is 3.83. The van der Waals surface area contributed by atoms with Crippen molar-refractivity contribution in [3.8, 4) is 11.3 Å². The van der Waals surface area contributed by atoms with Crippen molar-refractivity contribution in [1.29, 1.82) is 0 Å². The van der Waals surface area contributed by atoms with E-state index in [-0.39, 0.29) is 11.7 Å². The smallest absolute Gasteiger partial charge is 0.274 e. The number of nitrogens with one attached hydrogen (secondary N) is 1. The highest BCUT2D eigenvalue weighted by atomic mass is 19.1. The van der Waals surface area contributed by atoms with Crippen LogP contribution in [0, 0.1) is 5.82 Å². The Morgan fingerprint density at radius 3 is 2.80 bits per heavy atom. The van der Waals surface area contributed by atoms with E-state index in [4.69, 9.17) is 0 Å². The maximum Gasteiger partial charge on any atom is 0.274 e. The lowest BCUT2D eigenvalue weighted by Crippen LogP contribution is -2.36. The highest BCUT2D eigenvalue weighted by molar-refractivity contribution is 5.92. The van der Waals surface area contributed by atoms with Crippen molar-refractivity contribution in [2.45, 2.75) is 26.4 Å². The molecule has 25 heavy (non-hydrogen) atoms. The number of rotatable bonds is 3. The molecule has 0 unspecified atom stereocenters. The summed E-state index contributed by atoms with van der Waals surface area (Å²) in [6, 6.07) is 7.99. The second kappa shape index (κ2) is 6.16. The summed E-state index contributed by atoms with van der Waals surface area (Å²) >= 11 is 0. The summed E-state index contributed by atoms with van der Waals surface area (Å²) in [4.78, 5) is 14.5. The molecule has 1 aromatic carbocycles. The standard InChI is InChI=1S/C18H18FN5O/c1-2-24-10-8-16(22-24)18(25)23-9-7-15-14(11-23)17(21-20-15)12-3-5-13(19)6-4-12/h3-6,8,10H,2,7,9,11H2,1H3,(H,20,21). The summed E-state index contributed by atoms with van der Waals surface area (Å²) in [6.07, 6.45) is 2.52. The molecular formula is C18H18FN5O. The van der Waals surface area contributed by atoms with Crippen LogP contribution in [-0.2, 0) is 19.5 Å². The topological polar surface area (TPSA) is 66.8 Å². The van der Waals surface area contributed by atoms with Gasteiger partial charge >= 0.3 is 0 Å². The normalized spacial score (nSPS) is 13.8. The third-order valence-corrected chi connectivity index (χ3v) is 4.52. The van der Waals surface area contributed by atoms with Crippen LogP contribution >= 0.6 is 0 Å². The van der Waals surface area contributed by atoms with Gasteiger partial charge in [0.2, 0.25) is 0 Å². The van der Waals surface area contributed by atoms with Crippen LogP contribution in [-0.4, -0.2) is 37.3 Å². The number of H-pyrrole nitrogens is 1. The number of carbonyl (C=O) groups excluding carboxylic acids is 1. The highest BCUT2D eigenvalue weighted by Crippen LogP contribution is 2.29. The maximum absolute atomic E-state index is 13.2. The van der Waals surface area contributed by atoms with Gasteiger partial charge in [0, 0.05) is 42.5 Å². The molecule has 0 spiro atoms. The molecule has 0 fully saturated rings. The van der Waals surface area contributed by atoms with E-state index in [1.807, 2.05) is 13.1 Å². The molecule has 0 atom stereocenters. The minimum Gasteiger partial charge on any atom is -0.332 e. The molecule has 0 aliphatic carbocycles. The molecule has 1 aliphatic rings. The summed E-state index contributed by atoms with van der Waals surface area (Å²) in [5.41, 5.74) is 4.08. The van der Waals surface area contributed by atoms with E-state index < -0.39 is 0 Å². The number of benzene rings is 1. The summed E-state index contributed by atoms with van der Waals surface area (Å²) in [5, 5.41) is 11.7. The average molecular weight is 339 g/mol. The van der Waals surface area contributed by atoms with Gasteiger partial charge in [0.05, 0.1) is 12.2 Å². The van der Waals surface area contributed by atoms with Crippen LogP contribution in [0.2, 0.25) is 0 Å². The fourth-order valence-electron chi connectivity index (χ4n) is 3.13. The van der Waals surface area contributed by atoms with E-state index in [0.29, 0.717) is 25.2 Å². The molecule has 4 rings (SSSR count). The van der Waals surface area contributed by atoms with E-state index in [0.717, 1.165) is 29.1 Å². The number of aromatic nitrogens is 4. The van der Waals surface area contributed by atoms with Crippen molar-refractivity contribution < 1.29 is 9.18 Å². The fourth-order valence-corrected chi connectivity index (χ4v) is 3.13. The molecule has 1 aliphatic heterocycles. The summed E-state index contributed by atoms with van der Waals surface area (Å²) in [7, 11) is 0. The second-order valence-electron chi connectivity index (χ2n) is 6.07. The third kappa shape index (κ3) is 2.82. The van der Waals surface area contributed by atoms with Crippen LogP contribution in [0.4, 0.5) is 4.39 Å². The minimum absolute atomic E-state index is 0.0795. The van der Waals surface area contributed by atoms with Crippen LogP contribution < -0.4 is 0 Å². The molecule has 0 bridgehead atoms. The SMILES string of the molecule is CCn1ccc(C(=O)N2CCc3[nH]nc(-c4ccc(F)cc4)c3C2)n1. The fraction of sp³-hybridized carbons (Fsp3) is 0.278. The predicted octanol–water partition coefficient (Wildman–Crippen LogP) is 2.63. The van der Waals surface area contributed by atoms with Crippen LogP contribution in [0.5, 0.6) is 0 Å². The number of hydrogen-bond donors (Lipinski definition) is 1. The number of aromatic amines is 1. The number of carbonyl (C=O) groups is 1. The van der Waals surface area contributed by atoms with Crippen molar-refractivity contribution in [2.75, 3.05) is 6.54 Å². The molecule has 1 amide bonds. The summed E-state index contributed by atoms with van der Waals surface area (Å²) < 4.78 is 14.9. The summed E-state index contributed by atoms with van der Waals surface area (Å²) in [5.74, 6) is -0.361. The lowest BCUT2D eigenvalue weighted by Gasteiger charge is -2.26. The number of aryl methyl sites for hydroxylation is 1. The van der Waals surface area contributed by atoms with Gasteiger partial charge in [-0.25, -0.2) is 4.39 Å². The largest absolute Gasteiger partial charge is 0.332 e. The number of hydrogen-bond acceptors (Lipinski definition) is 3. The van der Waals surface area contributed by atoms with E-state index in [2.05, 4.69) is 15.3 Å². The molecule has 3 aromatic rings. The van der Waals surface area contributed by atoms with Gasteiger partial charge in [0.1, 0.15) is 11.5 Å². The number of nitrogens with zero attached hydrogens (tertiary/aromatic N) is 4. The first-order valence-electron chi connectivity index (χ1n) is 8.30. The van der Waals surface area contributed by atoms with Gasteiger partial charge in [-0.15, -0.1) is 0 Å². The van der Waals surface area contributed by atoms with E-state index in [1.54, 1.807) is 27.8 Å². The van der Waals surface area contributed by atoms with Crippen LogP contribution in [0.3, 0.4) is 0 Å². The van der Waals surface area contributed by atoms with Crippen molar-refractivity contribution in [1.82, 2.24) is 24.9 Å². The van der Waals surface area contributed by atoms with Gasteiger partial charge in [-0.1, -0.05) is 0 Å². The van der Waals surface area contributed by atoms with E-state index >= 15 is 0 Å². The predicted molar refractivity (Wildman–Crippen MR) is 90.3 cm³/mol. The molecule has 128 valence electrons. The number of amides is 1. The molecule has 7 heteroatoms. The summed E-state index contributed by atoms with van der Waals surface area (Å²) in [6.45, 7) is 3.80. The molecule has 1 N–H and O–H groups in total. The van der Waals surface area contributed by atoms with Crippen molar-refractivity contribution >= 4 is 5.91 Å². The highest BCUT2D eigenvalue weighted by Gasteiger charge is 2.27. The van der Waals surface area contributed by atoms with Gasteiger partial charge in [-0.3, -0.25) is 14.6 Å². The molecule has 0 radical (unpaired) electrons. The van der Waals surface area contributed by atoms with Gasteiger partial charge in [-0.05, 0) is 37.3 Å². The molecule has 0 saturated carbocycles. The lowest BCUT2D eigenvalue weighted by atomic mass is 10.0. The molecule has 0 saturated heterocycles. The van der Waals surface area contributed by atoms with Gasteiger partial charge in [-0.2, -0.15) is 10.2 Å². The molecule has 2 aromatic heterocycles. The Hall–Kier alpha value is -2.96. The second-order valence-corrected chi connectivity index (χ2v) is 6.07. The van der Waals surface area contributed by atoms with Crippen molar-refractivity contribution in [3.05, 3.63) is 59.3 Å². The monoisotopic (exact) mass is 339 g/mol. The Morgan fingerprint density at radius 1 is 1.28 bits per heavy atom. The Balaban J connectivity index is 1.61. The zero-order valence-corrected chi connectivity index (χ0v) is 13.9. The number of halogens is 1. The Bertz CT molecular complexity index is 912. The van der Waals surface area contributed by atoms with Gasteiger partial charge in [0.25, 0.3) is 5.91 Å². The molecular weight excluding hydrogens is 321 g/mol.